The summed E-state index contributed by atoms with van der Waals surface area (Å²) in [6.45, 7) is 2.58. The normalized spacial score (nSPS) is 37.6. The largest absolute Gasteiger partial charge is 0.387 e. The van der Waals surface area contributed by atoms with Crippen LogP contribution in [0.3, 0.4) is 0 Å². The topological polar surface area (TPSA) is 77.4 Å². The van der Waals surface area contributed by atoms with Gasteiger partial charge in [-0.05, 0) is 12.8 Å². The fourth-order valence-electron chi connectivity index (χ4n) is 3.24. The van der Waals surface area contributed by atoms with Crippen molar-refractivity contribution in [3.05, 3.63) is 0 Å². The van der Waals surface area contributed by atoms with Gasteiger partial charge in [0.2, 0.25) is 0 Å². The van der Waals surface area contributed by atoms with Crippen LogP contribution in [-0.4, -0.2) is 60.9 Å². The van der Waals surface area contributed by atoms with E-state index in [0.717, 1.165) is 12.8 Å². The van der Waals surface area contributed by atoms with Gasteiger partial charge in [0.25, 0.3) is 0 Å². The molecule has 2 fully saturated rings. The molecule has 0 radical (unpaired) electrons. The van der Waals surface area contributed by atoms with Crippen LogP contribution in [0.4, 0.5) is 0 Å². The van der Waals surface area contributed by atoms with Crippen molar-refractivity contribution in [2.75, 3.05) is 13.7 Å². The highest BCUT2D eigenvalue weighted by molar-refractivity contribution is 4.92. The lowest BCUT2D eigenvalue weighted by molar-refractivity contribution is -0.356. The third kappa shape index (κ3) is 5.37. The zero-order valence-corrected chi connectivity index (χ0v) is 14.4. The summed E-state index contributed by atoms with van der Waals surface area (Å²) < 4.78 is 22.1. The maximum atomic E-state index is 10.2. The molecule has 0 bridgehead atoms. The molecule has 2 rings (SSSR count). The number of aliphatic hydroxyl groups is 2. The summed E-state index contributed by atoms with van der Waals surface area (Å²) in [6, 6.07) is 0. The molecule has 6 atom stereocenters. The smallest absolute Gasteiger partial charge is 0.186 e. The van der Waals surface area contributed by atoms with Crippen LogP contribution < -0.4 is 0 Å². The first-order chi connectivity index (χ1) is 11.2. The van der Waals surface area contributed by atoms with E-state index in [2.05, 4.69) is 6.92 Å². The van der Waals surface area contributed by atoms with Crippen LogP contribution in [0, 0.1) is 0 Å². The second-order valence-electron chi connectivity index (χ2n) is 6.53. The number of aliphatic hydroxyl groups excluding tert-OH is 2. The lowest BCUT2D eigenvalue weighted by atomic mass is 9.98. The molecule has 2 heterocycles. The molecule has 0 aromatic carbocycles. The molecule has 0 aliphatic carbocycles. The highest BCUT2D eigenvalue weighted by Gasteiger charge is 2.48. The quantitative estimate of drug-likeness (QED) is 0.629. The summed E-state index contributed by atoms with van der Waals surface area (Å²) in [6.07, 6.45) is 5.26. The minimum atomic E-state index is -1.10. The standard InChI is InChI=1S/C17H32O6/c1-3-4-5-6-7-8-9-10-13-21-11-12-16(23-13)14(18)15(19)17(20-2)22-12/h12-19H,3-11H2,1-2H3/t12-,13?,14-,15-,16+,17-/m1/s1. The van der Waals surface area contributed by atoms with Gasteiger partial charge in [-0.25, -0.2) is 0 Å². The lowest BCUT2D eigenvalue weighted by Crippen LogP contribution is -2.63. The van der Waals surface area contributed by atoms with E-state index in [1.165, 1.54) is 45.6 Å². The monoisotopic (exact) mass is 332 g/mol. The maximum absolute atomic E-state index is 10.2. The van der Waals surface area contributed by atoms with E-state index < -0.39 is 30.7 Å². The minimum absolute atomic E-state index is 0.323. The molecule has 1 unspecified atom stereocenters. The molecule has 6 heteroatoms. The number of hydrogen-bond acceptors (Lipinski definition) is 6. The predicted octanol–water partition coefficient (Wildman–Crippen LogP) is 1.96. The maximum Gasteiger partial charge on any atom is 0.186 e. The zero-order chi connectivity index (χ0) is 16.7. The summed E-state index contributed by atoms with van der Waals surface area (Å²) in [5, 5.41) is 20.2. The molecule has 2 saturated heterocycles. The van der Waals surface area contributed by atoms with Crippen LogP contribution in [0.2, 0.25) is 0 Å². The highest BCUT2D eigenvalue weighted by Crippen LogP contribution is 2.30. The molecule has 0 aromatic heterocycles. The number of methoxy groups -OCH3 is 1. The summed E-state index contributed by atoms with van der Waals surface area (Å²) >= 11 is 0. The van der Waals surface area contributed by atoms with E-state index >= 15 is 0 Å². The fraction of sp³-hybridized carbons (Fsp3) is 1.00. The first-order valence-corrected chi connectivity index (χ1v) is 8.98. The third-order valence-electron chi connectivity index (χ3n) is 4.67. The van der Waals surface area contributed by atoms with Crippen LogP contribution in [-0.2, 0) is 18.9 Å². The number of fused-ring (bicyclic) bond motifs is 1. The molecule has 2 N–H and O–H groups in total. The van der Waals surface area contributed by atoms with Gasteiger partial charge in [-0.2, -0.15) is 0 Å². The zero-order valence-electron chi connectivity index (χ0n) is 14.4. The summed E-state index contributed by atoms with van der Waals surface area (Å²) in [5.41, 5.74) is 0. The Morgan fingerprint density at radius 1 is 0.957 bits per heavy atom. The van der Waals surface area contributed by atoms with Crippen molar-refractivity contribution in [2.24, 2.45) is 0 Å². The molecular weight excluding hydrogens is 300 g/mol. The first kappa shape index (κ1) is 19.1. The minimum Gasteiger partial charge on any atom is -0.387 e. The van der Waals surface area contributed by atoms with E-state index in [4.69, 9.17) is 18.9 Å². The molecule has 136 valence electrons. The number of hydrogen-bond donors (Lipinski definition) is 2. The van der Waals surface area contributed by atoms with Gasteiger partial charge in [0.15, 0.2) is 12.6 Å². The number of rotatable bonds is 9. The molecular formula is C17H32O6. The SMILES string of the molecule is CCCCCCCCCC1OC[C@H]2O[C@@H](OC)[C@H](O)[C@@H](O)[C@H]2O1. The number of ether oxygens (including phenoxy) is 4. The van der Waals surface area contributed by atoms with Crippen LogP contribution in [0.5, 0.6) is 0 Å². The average molecular weight is 332 g/mol. The van der Waals surface area contributed by atoms with Gasteiger partial charge in [-0.3, -0.25) is 0 Å². The average Bonchev–Trinajstić information content (AvgIpc) is 2.57. The van der Waals surface area contributed by atoms with Crippen molar-refractivity contribution in [1.82, 2.24) is 0 Å². The Balaban J connectivity index is 1.66. The van der Waals surface area contributed by atoms with Crippen molar-refractivity contribution < 1.29 is 29.2 Å². The molecule has 2 aliphatic heterocycles. The molecule has 6 nitrogen and oxygen atoms in total. The summed E-state index contributed by atoms with van der Waals surface area (Å²) in [4.78, 5) is 0. The number of unbranched alkanes of at least 4 members (excludes halogenated alkanes) is 6. The molecule has 23 heavy (non-hydrogen) atoms. The van der Waals surface area contributed by atoms with Gasteiger partial charge >= 0.3 is 0 Å². The molecule has 0 saturated carbocycles. The van der Waals surface area contributed by atoms with E-state index in [1.807, 2.05) is 0 Å². The van der Waals surface area contributed by atoms with Gasteiger partial charge in [-0.1, -0.05) is 45.4 Å². The first-order valence-electron chi connectivity index (χ1n) is 8.98. The van der Waals surface area contributed by atoms with Crippen molar-refractivity contribution in [3.8, 4) is 0 Å². The second kappa shape index (κ2) is 9.91. The van der Waals surface area contributed by atoms with Crippen LogP contribution in [0.25, 0.3) is 0 Å². The van der Waals surface area contributed by atoms with Gasteiger partial charge < -0.3 is 29.2 Å². The molecule has 2 aliphatic rings. The van der Waals surface area contributed by atoms with Crippen molar-refractivity contribution in [1.29, 1.82) is 0 Å². The van der Waals surface area contributed by atoms with Gasteiger partial charge in [-0.15, -0.1) is 0 Å². The van der Waals surface area contributed by atoms with E-state index in [-0.39, 0.29) is 6.29 Å². The van der Waals surface area contributed by atoms with Crippen molar-refractivity contribution in [3.63, 3.8) is 0 Å². The fourth-order valence-corrected chi connectivity index (χ4v) is 3.24. The van der Waals surface area contributed by atoms with Gasteiger partial charge in [0.05, 0.1) is 6.61 Å². The lowest BCUT2D eigenvalue weighted by Gasteiger charge is -2.45. The van der Waals surface area contributed by atoms with Gasteiger partial charge in [0.1, 0.15) is 24.4 Å². The Morgan fingerprint density at radius 3 is 2.35 bits per heavy atom. The highest BCUT2D eigenvalue weighted by atomic mass is 16.7. The third-order valence-corrected chi connectivity index (χ3v) is 4.67. The van der Waals surface area contributed by atoms with E-state index in [1.54, 1.807) is 0 Å². The summed E-state index contributed by atoms with van der Waals surface area (Å²) in [7, 11) is 1.44. The Bertz CT molecular complexity index is 324. The Kier molecular flexibility index (Phi) is 8.23. The van der Waals surface area contributed by atoms with E-state index in [0.29, 0.717) is 6.61 Å². The molecule has 0 aromatic rings. The second-order valence-corrected chi connectivity index (χ2v) is 6.53. The Labute approximate surface area is 139 Å². The predicted molar refractivity (Wildman–Crippen MR) is 84.9 cm³/mol. The van der Waals surface area contributed by atoms with Gasteiger partial charge in [0, 0.05) is 7.11 Å². The summed E-state index contributed by atoms with van der Waals surface area (Å²) in [5.74, 6) is 0. The molecule has 0 amide bonds. The van der Waals surface area contributed by atoms with E-state index in [9.17, 15) is 10.2 Å². The van der Waals surface area contributed by atoms with Crippen LogP contribution in [0.15, 0.2) is 0 Å². The van der Waals surface area contributed by atoms with Crippen molar-refractivity contribution >= 4 is 0 Å². The van der Waals surface area contributed by atoms with Crippen molar-refractivity contribution in [2.45, 2.75) is 95.3 Å². The van der Waals surface area contributed by atoms with Crippen LogP contribution >= 0.6 is 0 Å². The van der Waals surface area contributed by atoms with Crippen LogP contribution in [0.1, 0.15) is 58.3 Å². The Morgan fingerprint density at radius 2 is 1.65 bits per heavy atom. The molecule has 0 spiro atoms. The Hall–Kier alpha value is -0.240.